The Morgan fingerprint density at radius 2 is 1.88 bits per heavy atom. The summed E-state index contributed by atoms with van der Waals surface area (Å²) >= 11 is 0. The highest BCUT2D eigenvalue weighted by Gasteiger charge is 2.02. The summed E-state index contributed by atoms with van der Waals surface area (Å²) in [5.74, 6) is 0.737. The van der Waals surface area contributed by atoms with Gasteiger partial charge in [-0.1, -0.05) is 24.6 Å². The molecule has 0 aromatic rings. The van der Waals surface area contributed by atoms with Gasteiger partial charge in [0.25, 0.3) is 0 Å². The van der Waals surface area contributed by atoms with E-state index < -0.39 is 0 Å². The maximum Gasteiger partial charge on any atom is 0.00355 e. The highest BCUT2D eigenvalue weighted by molar-refractivity contribution is 4.98. The van der Waals surface area contributed by atoms with Crippen molar-refractivity contribution in [2.45, 2.75) is 59.4 Å². The first-order valence-corrected chi connectivity index (χ1v) is 6.94. The van der Waals surface area contributed by atoms with Gasteiger partial charge >= 0.3 is 0 Å². The van der Waals surface area contributed by atoms with Gasteiger partial charge in [0.15, 0.2) is 0 Å². The summed E-state index contributed by atoms with van der Waals surface area (Å²) in [4.78, 5) is 2.41. The summed E-state index contributed by atoms with van der Waals surface area (Å²) in [6.07, 6.45) is 9.25. The number of nitrogens with zero attached hydrogens (tertiary/aromatic N) is 1. The Bertz CT molecular complexity index is 228. The highest BCUT2D eigenvalue weighted by atomic mass is 15.1. The van der Waals surface area contributed by atoms with Crippen molar-refractivity contribution in [2.75, 3.05) is 13.6 Å². The molecule has 17 heavy (non-hydrogen) atoms. The van der Waals surface area contributed by atoms with Crippen molar-refractivity contribution in [1.82, 2.24) is 4.90 Å². The van der Waals surface area contributed by atoms with Gasteiger partial charge in [0.1, 0.15) is 0 Å². The summed E-state index contributed by atoms with van der Waals surface area (Å²) in [5.41, 5.74) is 1.54. The third-order valence-electron chi connectivity index (χ3n) is 3.40. The minimum absolute atomic E-state index is 0.659. The van der Waals surface area contributed by atoms with Gasteiger partial charge in [-0.3, -0.25) is 0 Å². The van der Waals surface area contributed by atoms with Crippen molar-refractivity contribution >= 4 is 0 Å². The van der Waals surface area contributed by atoms with E-state index in [2.05, 4.69) is 52.3 Å². The monoisotopic (exact) mass is 237 g/mol. The summed E-state index contributed by atoms with van der Waals surface area (Å²) in [6.45, 7) is 14.0. The lowest BCUT2D eigenvalue weighted by Crippen LogP contribution is -2.27. The Labute approximate surface area is 109 Å². The van der Waals surface area contributed by atoms with Crippen molar-refractivity contribution < 1.29 is 0 Å². The van der Waals surface area contributed by atoms with Crippen LogP contribution in [0.4, 0.5) is 0 Å². The zero-order valence-corrected chi connectivity index (χ0v) is 12.5. The van der Waals surface area contributed by atoms with Crippen LogP contribution in [0.1, 0.15) is 53.4 Å². The SMILES string of the molecule is C=CCC(C)CC=C(C)CCCN(C)C(C)C. The predicted molar refractivity (Wildman–Crippen MR) is 79.4 cm³/mol. The van der Waals surface area contributed by atoms with Crippen LogP contribution in [0.25, 0.3) is 0 Å². The van der Waals surface area contributed by atoms with Gasteiger partial charge in [-0.05, 0) is 66.0 Å². The van der Waals surface area contributed by atoms with Crippen LogP contribution in [0.15, 0.2) is 24.3 Å². The first kappa shape index (κ1) is 16.4. The van der Waals surface area contributed by atoms with Crippen LogP contribution in [-0.4, -0.2) is 24.5 Å². The van der Waals surface area contributed by atoms with E-state index in [4.69, 9.17) is 0 Å². The second-order valence-corrected chi connectivity index (χ2v) is 5.59. The summed E-state index contributed by atoms with van der Waals surface area (Å²) in [5, 5.41) is 0. The van der Waals surface area contributed by atoms with Crippen LogP contribution in [0.3, 0.4) is 0 Å². The first-order chi connectivity index (χ1) is 7.97. The van der Waals surface area contributed by atoms with E-state index in [1.807, 2.05) is 6.08 Å². The smallest absolute Gasteiger partial charge is 0.00355 e. The molecule has 0 aliphatic rings. The van der Waals surface area contributed by atoms with Crippen molar-refractivity contribution in [3.8, 4) is 0 Å². The van der Waals surface area contributed by atoms with Gasteiger partial charge in [0, 0.05) is 6.04 Å². The first-order valence-electron chi connectivity index (χ1n) is 6.94. The van der Waals surface area contributed by atoms with Gasteiger partial charge in [0.2, 0.25) is 0 Å². The third kappa shape index (κ3) is 9.17. The Balaban J connectivity index is 3.74. The number of rotatable bonds is 9. The number of allylic oxidation sites excluding steroid dienone is 3. The molecule has 0 aromatic heterocycles. The zero-order valence-electron chi connectivity index (χ0n) is 12.5. The van der Waals surface area contributed by atoms with E-state index in [1.54, 1.807) is 0 Å². The van der Waals surface area contributed by atoms with Crippen molar-refractivity contribution in [3.63, 3.8) is 0 Å². The molecule has 0 saturated carbocycles. The highest BCUT2D eigenvalue weighted by Crippen LogP contribution is 2.13. The van der Waals surface area contributed by atoms with Gasteiger partial charge in [0.05, 0.1) is 0 Å². The molecule has 0 rings (SSSR count). The van der Waals surface area contributed by atoms with E-state index in [1.165, 1.54) is 31.4 Å². The minimum atomic E-state index is 0.659. The van der Waals surface area contributed by atoms with Crippen molar-refractivity contribution in [1.29, 1.82) is 0 Å². The Morgan fingerprint density at radius 1 is 1.24 bits per heavy atom. The number of hydrogen-bond acceptors (Lipinski definition) is 1. The molecule has 100 valence electrons. The fourth-order valence-electron chi connectivity index (χ4n) is 1.75. The molecule has 0 aromatic carbocycles. The van der Waals surface area contributed by atoms with Crippen molar-refractivity contribution in [2.24, 2.45) is 5.92 Å². The molecule has 1 atom stereocenters. The molecule has 0 aliphatic carbocycles. The maximum atomic E-state index is 3.79. The summed E-state index contributed by atoms with van der Waals surface area (Å²) in [6, 6.07) is 0.659. The fraction of sp³-hybridized carbons (Fsp3) is 0.750. The molecule has 1 unspecified atom stereocenters. The number of hydrogen-bond donors (Lipinski definition) is 0. The Morgan fingerprint density at radius 3 is 2.41 bits per heavy atom. The van der Waals surface area contributed by atoms with E-state index in [-0.39, 0.29) is 0 Å². The van der Waals surface area contributed by atoms with Crippen LogP contribution in [0, 0.1) is 5.92 Å². The van der Waals surface area contributed by atoms with Gasteiger partial charge < -0.3 is 4.90 Å². The summed E-state index contributed by atoms with van der Waals surface area (Å²) in [7, 11) is 2.20. The molecule has 0 heterocycles. The molecule has 0 aliphatic heterocycles. The second kappa shape index (κ2) is 9.47. The van der Waals surface area contributed by atoms with Gasteiger partial charge in [-0.2, -0.15) is 0 Å². The fourth-order valence-corrected chi connectivity index (χ4v) is 1.75. The zero-order chi connectivity index (χ0) is 13.3. The normalized spacial score (nSPS) is 14.4. The van der Waals surface area contributed by atoms with Crippen LogP contribution in [-0.2, 0) is 0 Å². The average Bonchev–Trinajstić information content (AvgIpc) is 2.26. The molecule has 1 heteroatoms. The molecule has 0 fully saturated rings. The van der Waals surface area contributed by atoms with Gasteiger partial charge in [-0.15, -0.1) is 6.58 Å². The van der Waals surface area contributed by atoms with Gasteiger partial charge in [-0.25, -0.2) is 0 Å². The average molecular weight is 237 g/mol. The van der Waals surface area contributed by atoms with E-state index >= 15 is 0 Å². The molecule has 0 amide bonds. The van der Waals surface area contributed by atoms with Crippen molar-refractivity contribution in [3.05, 3.63) is 24.3 Å². The predicted octanol–water partition coefficient (Wildman–Crippen LogP) is 4.66. The standard InChI is InChI=1S/C16H31N/c1-7-9-15(4)11-12-16(5)10-8-13-17(6)14(2)3/h7,12,14-15H,1,8-11,13H2,2-6H3. The molecule has 0 spiro atoms. The largest absolute Gasteiger partial charge is 0.304 e. The maximum absolute atomic E-state index is 3.79. The van der Waals surface area contributed by atoms with Crippen LogP contribution < -0.4 is 0 Å². The second-order valence-electron chi connectivity index (χ2n) is 5.59. The Kier molecular flexibility index (Phi) is 9.16. The van der Waals surface area contributed by atoms with Crippen LogP contribution >= 0.6 is 0 Å². The minimum Gasteiger partial charge on any atom is -0.304 e. The molecule has 0 N–H and O–H groups in total. The summed E-state index contributed by atoms with van der Waals surface area (Å²) < 4.78 is 0. The topological polar surface area (TPSA) is 3.24 Å². The lowest BCUT2D eigenvalue weighted by molar-refractivity contribution is 0.271. The quantitative estimate of drug-likeness (QED) is 0.527. The third-order valence-corrected chi connectivity index (χ3v) is 3.40. The van der Waals surface area contributed by atoms with E-state index in [0.717, 1.165) is 12.3 Å². The van der Waals surface area contributed by atoms with E-state index in [9.17, 15) is 0 Å². The lowest BCUT2D eigenvalue weighted by atomic mass is 10.0. The van der Waals surface area contributed by atoms with Crippen LogP contribution in [0.2, 0.25) is 0 Å². The molecule has 1 nitrogen and oxygen atoms in total. The molecule has 0 saturated heterocycles. The van der Waals surface area contributed by atoms with Crippen LogP contribution in [0.5, 0.6) is 0 Å². The molecule has 0 radical (unpaired) electrons. The lowest BCUT2D eigenvalue weighted by Gasteiger charge is -2.20. The van der Waals surface area contributed by atoms with E-state index in [0.29, 0.717) is 6.04 Å². The molecule has 0 bridgehead atoms. The molecular formula is C16H31N. The molecular weight excluding hydrogens is 206 g/mol. The Hall–Kier alpha value is -0.560.